The number of carboxylic acids is 1. The maximum Gasteiger partial charge on any atom is 0.282 e. The Bertz CT molecular complexity index is 743. The van der Waals surface area contributed by atoms with E-state index in [1.807, 2.05) is 0 Å². The fourth-order valence-electron chi connectivity index (χ4n) is 1.86. The molecule has 22 heavy (non-hydrogen) atoms. The molecule has 0 bridgehead atoms. The normalized spacial score (nSPS) is 10.0. The predicted molar refractivity (Wildman–Crippen MR) is 76.8 cm³/mol. The highest BCUT2D eigenvalue weighted by Gasteiger charge is 2.24. The molecule has 2 rings (SSSR count). The average Bonchev–Trinajstić information content (AvgIpc) is 2.46. The van der Waals surface area contributed by atoms with Crippen LogP contribution in [0.3, 0.4) is 0 Å². The number of nitrogens with one attached hydrogen (secondary N) is 1. The summed E-state index contributed by atoms with van der Waals surface area (Å²) < 4.78 is 0. The van der Waals surface area contributed by atoms with Crippen LogP contribution in [0.5, 0.6) is 0 Å². The molecule has 0 radical (unpaired) electrons. The summed E-state index contributed by atoms with van der Waals surface area (Å²) in [5, 5.41) is 24.8. The van der Waals surface area contributed by atoms with Gasteiger partial charge < -0.3 is 15.2 Å². The van der Waals surface area contributed by atoms with Gasteiger partial charge in [-0.25, -0.2) is 0 Å². The quantitative estimate of drug-likeness (QED) is 0.682. The maximum absolute atomic E-state index is 12.2. The largest absolute Gasteiger partial charge is 0.545 e. The number of benzene rings is 2. The molecule has 0 aliphatic carbocycles. The van der Waals surface area contributed by atoms with Gasteiger partial charge in [-0.2, -0.15) is 0 Å². The number of anilines is 1. The molecule has 0 spiro atoms. The van der Waals surface area contributed by atoms with Gasteiger partial charge in [0.1, 0.15) is 5.56 Å². The number of aromatic carboxylic acids is 1. The molecule has 7 nitrogen and oxygen atoms in total. The number of amides is 1. The first-order chi connectivity index (χ1) is 10.4. The molecule has 0 saturated heterocycles. The number of carboxylic acid groups (broad SMARTS) is 1. The van der Waals surface area contributed by atoms with E-state index >= 15 is 0 Å². The van der Waals surface area contributed by atoms with Crippen molar-refractivity contribution < 1.29 is 19.6 Å². The molecular weight excluding hydrogens is 312 g/mol. The van der Waals surface area contributed by atoms with Gasteiger partial charge in [0.15, 0.2) is 0 Å². The van der Waals surface area contributed by atoms with Crippen molar-refractivity contribution >= 4 is 34.9 Å². The minimum Gasteiger partial charge on any atom is -0.545 e. The summed E-state index contributed by atoms with van der Waals surface area (Å²) in [6.07, 6.45) is 0. The summed E-state index contributed by atoms with van der Waals surface area (Å²) in [6, 6.07) is 9.35. The zero-order valence-corrected chi connectivity index (χ0v) is 11.7. The van der Waals surface area contributed by atoms with Crippen LogP contribution in [0, 0.1) is 10.1 Å². The van der Waals surface area contributed by atoms with Gasteiger partial charge in [-0.3, -0.25) is 14.9 Å². The lowest BCUT2D eigenvalue weighted by Crippen LogP contribution is -2.27. The van der Waals surface area contributed by atoms with Crippen LogP contribution in [0.2, 0.25) is 5.02 Å². The highest BCUT2D eigenvalue weighted by molar-refractivity contribution is 6.31. The van der Waals surface area contributed by atoms with E-state index in [-0.39, 0.29) is 5.69 Å². The van der Waals surface area contributed by atoms with E-state index in [0.29, 0.717) is 5.02 Å². The van der Waals surface area contributed by atoms with Crippen molar-refractivity contribution in [3.8, 4) is 0 Å². The molecule has 112 valence electrons. The van der Waals surface area contributed by atoms with Gasteiger partial charge in [0.05, 0.1) is 10.9 Å². The Kier molecular flexibility index (Phi) is 4.38. The molecule has 0 aromatic heterocycles. The van der Waals surface area contributed by atoms with E-state index in [2.05, 4.69) is 5.32 Å². The number of carbonyl (C=O) groups excluding carboxylic acids is 2. The van der Waals surface area contributed by atoms with E-state index in [1.54, 1.807) is 12.1 Å². The van der Waals surface area contributed by atoms with Gasteiger partial charge >= 0.3 is 0 Å². The minimum atomic E-state index is -1.68. The van der Waals surface area contributed by atoms with Gasteiger partial charge in [-0.15, -0.1) is 0 Å². The molecule has 1 amide bonds. The first-order valence-corrected chi connectivity index (χ1v) is 6.33. The molecule has 0 fully saturated rings. The highest BCUT2D eigenvalue weighted by Crippen LogP contribution is 2.24. The Morgan fingerprint density at radius 3 is 2.41 bits per heavy atom. The summed E-state index contributed by atoms with van der Waals surface area (Å²) in [5.41, 5.74) is -1.48. The molecule has 0 unspecified atom stereocenters. The fourth-order valence-corrected chi connectivity index (χ4v) is 2.05. The summed E-state index contributed by atoms with van der Waals surface area (Å²) in [5.74, 6) is -2.62. The smallest absolute Gasteiger partial charge is 0.282 e. The van der Waals surface area contributed by atoms with Gasteiger partial charge in [-0.05, 0) is 18.2 Å². The topological polar surface area (TPSA) is 112 Å². The molecular formula is C14H8ClN2O5-. The second-order valence-electron chi connectivity index (χ2n) is 4.21. The number of nitrogens with zero attached hydrogens (tertiary/aromatic N) is 1. The standard InChI is InChI=1S/C14H9ClN2O5/c15-8-3-1-4-9(7-8)16-13(18)12-10(14(19)20)5-2-6-11(12)17(21)22/h1-7H,(H,16,18)(H,19,20)/p-1. The third kappa shape index (κ3) is 3.21. The Balaban J connectivity index is 2.48. The molecule has 2 aromatic rings. The lowest BCUT2D eigenvalue weighted by atomic mass is 10.0. The van der Waals surface area contributed by atoms with Crippen molar-refractivity contribution in [3.05, 3.63) is 68.7 Å². The van der Waals surface area contributed by atoms with Gasteiger partial charge in [0.2, 0.25) is 0 Å². The number of halogens is 1. The molecule has 0 saturated carbocycles. The third-order valence-electron chi connectivity index (χ3n) is 2.77. The third-order valence-corrected chi connectivity index (χ3v) is 3.00. The number of hydrogen-bond donors (Lipinski definition) is 1. The fraction of sp³-hybridized carbons (Fsp3) is 0. The van der Waals surface area contributed by atoms with Crippen LogP contribution >= 0.6 is 11.6 Å². The van der Waals surface area contributed by atoms with Crippen LogP contribution < -0.4 is 10.4 Å². The highest BCUT2D eigenvalue weighted by atomic mass is 35.5. The van der Waals surface area contributed by atoms with Crippen LogP contribution in [0.25, 0.3) is 0 Å². The van der Waals surface area contributed by atoms with Crippen LogP contribution in [0.15, 0.2) is 42.5 Å². The lowest BCUT2D eigenvalue weighted by molar-refractivity contribution is -0.385. The summed E-state index contributed by atoms with van der Waals surface area (Å²) >= 11 is 5.77. The van der Waals surface area contributed by atoms with Crippen LogP contribution in [0.1, 0.15) is 20.7 Å². The van der Waals surface area contributed by atoms with Crippen LogP contribution in [-0.2, 0) is 0 Å². The Morgan fingerprint density at radius 1 is 1.14 bits per heavy atom. The number of nitro benzene ring substituents is 1. The van der Waals surface area contributed by atoms with Crippen LogP contribution in [-0.4, -0.2) is 16.8 Å². The minimum absolute atomic E-state index is 0.278. The average molecular weight is 320 g/mol. The summed E-state index contributed by atoms with van der Waals surface area (Å²) in [7, 11) is 0. The predicted octanol–water partition coefficient (Wildman–Crippen LogP) is 1.86. The second kappa shape index (κ2) is 6.23. The monoisotopic (exact) mass is 319 g/mol. The van der Waals surface area contributed by atoms with Crippen LogP contribution in [0.4, 0.5) is 11.4 Å². The Morgan fingerprint density at radius 2 is 1.82 bits per heavy atom. The molecule has 2 aromatic carbocycles. The lowest BCUT2D eigenvalue weighted by Gasteiger charge is -2.11. The van der Waals surface area contributed by atoms with Gasteiger partial charge in [0.25, 0.3) is 11.6 Å². The number of rotatable bonds is 4. The second-order valence-corrected chi connectivity index (χ2v) is 4.65. The SMILES string of the molecule is O=C([O-])c1cccc([N+](=O)[O-])c1C(=O)Nc1cccc(Cl)c1. The Labute approximate surface area is 129 Å². The van der Waals surface area contributed by atoms with Gasteiger partial charge in [-0.1, -0.05) is 29.8 Å². The van der Waals surface area contributed by atoms with Crippen molar-refractivity contribution in [2.24, 2.45) is 0 Å². The zero-order chi connectivity index (χ0) is 16.3. The summed E-state index contributed by atoms with van der Waals surface area (Å²) in [4.78, 5) is 33.5. The molecule has 8 heteroatoms. The van der Waals surface area contributed by atoms with Crippen molar-refractivity contribution in [2.75, 3.05) is 5.32 Å². The molecule has 0 aliphatic heterocycles. The van der Waals surface area contributed by atoms with E-state index in [0.717, 1.165) is 12.1 Å². The zero-order valence-electron chi connectivity index (χ0n) is 10.9. The molecule has 0 aliphatic rings. The van der Waals surface area contributed by atoms with Gasteiger partial charge in [0, 0.05) is 22.3 Å². The van der Waals surface area contributed by atoms with Crippen molar-refractivity contribution in [3.63, 3.8) is 0 Å². The molecule has 0 atom stereocenters. The Hall–Kier alpha value is -2.93. The number of nitro groups is 1. The number of carbonyl (C=O) groups is 2. The first kappa shape index (κ1) is 15.5. The summed E-state index contributed by atoms with van der Waals surface area (Å²) in [6.45, 7) is 0. The molecule has 0 heterocycles. The van der Waals surface area contributed by atoms with Crippen molar-refractivity contribution in [1.29, 1.82) is 0 Å². The van der Waals surface area contributed by atoms with Crippen molar-refractivity contribution in [1.82, 2.24) is 0 Å². The van der Waals surface area contributed by atoms with E-state index < -0.39 is 33.6 Å². The van der Waals surface area contributed by atoms with E-state index in [1.165, 1.54) is 18.2 Å². The molecule has 1 N–H and O–H groups in total. The van der Waals surface area contributed by atoms with E-state index in [4.69, 9.17) is 11.6 Å². The van der Waals surface area contributed by atoms with E-state index in [9.17, 15) is 24.8 Å². The number of hydrogen-bond acceptors (Lipinski definition) is 5. The first-order valence-electron chi connectivity index (χ1n) is 5.96. The van der Waals surface area contributed by atoms with Crippen molar-refractivity contribution in [2.45, 2.75) is 0 Å². The maximum atomic E-state index is 12.2.